The van der Waals surface area contributed by atoms with Crippen molar-refractivity contribution < 1.29 is 50.8 Å². The van der Waals surface area contributed by atoms with Gasteiger partial charge in [0.15, 0.2) is 6.23 Å². The largest absolute Gasteiger partial charge is 0.419 e. The van der Waals surface area contributed by atoms with Crippen LogP contribution in [-0.2, 0) is 10.9 Å². The van der Waals surface area contributed by atoms with Crippen molar-refractivity contribution in [3.63, 3.8) is 0 Å². The molecule has 0 aliphatic carbocycles. The number of fused-ring (bicyclic) bond motifs is 1. The zero-order valence-corrected chi connectivity index (χ0v) is 17.3. The quantitative estimate of drug-likeness (QED) is 0.398. The van der Waals surface area contributed by atoms with E-state index in [1.807, 2.05) is 0 Å². The molecule has 0 bridgehead atoms. The fourth-order valence-electron chi connectivity index (χ4n) is 4.26. The molecule has 2 aromatic heterocycles. The highest BCUT2D eigenvalue weighted by Gasteiger charge is 2.72. The lowest BCUT2D eigenvalue weighted by Crippen LogP contribution is -2.56. The van der Waals surface area contributed by atoms with E-state index in [0.29, 0.717) is 6.07 Å². The van der Waals surface area contributed by atoms with Crippen molar-refractivity contribution in [1.82, 2.24) is 14.5 Å². The Hall–Kier alpha value is -3.01. The van der Waals surface area contributed by atoms with E-state index in [0.717, 1.165) is 10.9 Å². The van der Waals surface area contributed by atoms with Crippen molar-refractivity contribution in [2.75, 3.05) is 12.3 Å². The van der Waals surface area contributed by atoms with E-state index in [2.05, 4.69) is 9.97 Å². The van der Waals surface area contributed by atoms with Gasteiger partial charge >= 0.3 is 12.4 Å². The predicted octanol–water partition coefficient (Wildman–Crippen LogP) is 2.70. The molecule has 1 aliphatic rings. The van der Waals surface area contributed by atoms with E-state index in [1.54, 1.807) is 0 Å². The first-order valence-corrected chi connectivity index (χ1v) is 9.87. The third-order valence-corrected chi connectivity index (χ3v) is 6.12. The molecule has 4 rings (SSSR count). The maximum absolute atomic E-state index is 14.3. The molecule has 15 heteroatoms. The number of ether oxygens (including phenoxy) is 1. The van der Waals surface area contributed by atoms with Crippen molar-refractivity contribution in [1.29, 1.82) is 0 Å². The molecule has 1 aromatic carbocycles. The number of rotatable bonds is 4. The van der Waals surface area contributed by atoms with Gasteiger partial charge in [-0.05, 0) is 23.8 Å². The topological polar surface area (TPSA) is 127 Å². The molecular formula is C20H17F7N4O4. The van der Waals surface area contributed by atoms with Crippen LogP contribution < -0.4 is 5.73 Å². The van der Waals surface area contributed by atoms with Crippen LogP contribution in [0.2, 0.25) is 0 Å². The molecular weight excluding hydrogens is 493 g/mol. The van der Waals surface area contributed by atoms with E-state index in [9.17, 15) is 46.1 Å². The molecule has 1 aliphatic heterocycles. The van der Waals surface area contributed by atoms with Gasteiger partial charge < -0.3 is 30.4 Å². The average molecular weight is 510 g/mol. The molecule has 0 spiro atoms. The number of aromatic nitrogens is 3. The number of nitrogens with zero attached hydrogens (tertiary/aromatic N) is 3. The molecule has 8 nitrogen and oxygen atoms in total. The third-order valence-electron chi connectivity index (χ3n) is 6.12. The summed E-state index contributed by atoms with van der Waals surface area (Å²) in [6.07, 6.45) is -17.5. The first kappa shape index (κ1) is 25.1. The predicted molar refractivity (Wildman–Crippen MR) is 104 cm³/mol. The zero-order chi connectivity index (χ0) is 25.9. The normalized spacial score (nSPS) is 26.4. The molecule has 1 saturated heterocycles. The van der Waals surface area contributed by atoms with E-state index < -0.39 is 65.9 Å². The van der Waals surface area contributed by atoms with E-state index in [-0.39, 0.29) is 29.0 Å². The first-order valence-electron chi connectivity index (χ1n) is 9.87. The first-order chi connectivity index (χ1) is 16.2. The fourth-order valence-corrected chi connectivity index (χ4v) is 4.26. The number of hydrogen-bond acceptors (Lipinski definition) is 7. The molecule has 0 unspecified atom stereocenters. The van der Waals surface area contributed by atoms with Gasteiger partial charge in [-0.3, -0.25) is 0 Å². The summed E-state index contributed by atoms with van der Waals surface area (Å²) in [6.45, 7) is -1.77. The average Bonchev–Trinajstić information content (AvgIpc) is 3.31. The van der Waals surface area contributed by atoms with Crippen molar-refractivity contribution in [2.24, 2.45) is 5.41 Å². The van der Waals surface area contributed by atoms with Crippen LogP contribution in [0.5, 0.6) is 0 Å². The number of benzene rings is 1. The lowest BCUT2D eigenvalue weighted by Gasteiger charge is -2.38. The van der Waals surface area contributed by atoms with Crippen LogP contribution in [0.15, 0.2) is 36.8 Å². The summed E-state index contributed by atoms with van der Waals surface area (Å²) in [6, 6.07) is 2.39. The van der Waals surface area contributed by atoms with Crippen LogP contribution >= 0.6 is 0 Å². The second-order valence-corrected chi connectivity index (χ2v) is 7.99. The monoisotopic (exact) mass is 510 g/mol. The van der Waals surface area contributed by atoms with Crippen LogP contribution in [-0.4, -0.2) is 54.8 Å². The Kier molecular flexibility index (Phi) is 5.94. The summed E-state index contributed by atoms with van der Waals surface area (Å²) >= 11 is 0. The van der Waals surface area contributed by atoms with Gasteiger partial charge in [0.2, 0.25) is 0 Å². The van der Waals surface area contributed by atoms with Crippen LogP contribution in [0.1, 0.15) is 23.5 Å². The minimum Gasteiger partial charge on any atom is -0.395 e. The zero-order valence-electron chi connectivity index (χ0n) is 17.3. The highest BCUT2D eigenvalue weighted by molar-refractivity contribution is 5.86. The van der Waals surface area contributed by atoms with Crippen LogP contribution in [0, 0.1) is 11.2 Å². The molecule has 3 heterocycles. The number of anilines is 1. The van der Waals surface area contributed by atoms with E-state index >= 15 is 0 Å². The summed E-state index contributed by atoms with van der Waals surface area (Å²) in [5.41, 5.74) is -0.218. The molecule has 0 amide bonds. The second kappa shape index (κ2) is 8.29. The Bertz CT molecular complexity index is 1250. The van der Waals surface area contributed by atoms with E-state index in [1.165, 1.54) is 12.3 Å². The van der Waals surface area contributed by atoms with Gasteiger partial charge in [-0.25, -0.2) is 14.4 Å². The molecule has 0 saturated carbocycles. The Morgan fingerprint density at radius 3 is 2.40 bits per heavy atom. The minimum absolute atomic E-state index is 0.0257. The molecule has 5 atom stereocenters. The minimum atomic E-state index is -5.39. The number of alkyl halides is 6. The summed E-state index contributed by atoms with van der Waals surface area (Å²) in [7, 11) is 0. The number of nitrogens with two attached hydrogens (primary N) is 1. The van der Waals surface area contributed by atoms with Crippen molar-refractivity contribution in [2.45, 2.75) is 36.9 Å². The maximum atomic E-state index is 14.3. The van der Waals surface area contributed by atoms with E-state index in [4.69, 9.17) is 10.5 Å². The SMILES string of the molecule is Nc1ncnc2c1ccn2[C@@H]1O[C@H]([C@H](O)c2ccc(C(F)(F)F)c(F)c2)[C@](CO)(C(F)(F)F)[C@H]1O. The van der Waals surface area contributed by atoms with Crippen LogP contribution in [0.25, 0.3) is 11.0 Å². The molecule has 35 heavy (non-hydrogen) atoms. The van der Waals surface area contributed by atoms with Gasteiger partial charge in [-0.1, -0.05) is 6.07 Å². The summed E-state index contributed by atoms with van der Waals surface area (Å²) in [5, 5.41) is 31.5. The molecule has 1 fully saturated rings. The van der Waals surface area contributed by atoms with Crippen LogP contribution in [0.3, 0.4) is 0 Å². The van der Waals surface area contributed by atoms with Crippen molar-refractivity contribution in [3.05, 3.63) is 53.7 Å². The maximum Gasteiger partial charge on any atom is 0.419 e. The van der Waals surface area contributed by atoms with Gasteiger partial charge in [0.05, 0.1) is 17.6 Å². The summed E-state index contributed by atoms with van der Waals surface area (Å²) < 4.78 is 102. The fraction of sp³-hybridized carbons (Fsp3) is 0.400. The Balaban J connectivity index is 1.82. The standard InChI is InChI=1S/C20H17F7N4O4/c21-11-5-8(1-2-10(11)19(22,23)24)12(33)14-18(6-32,20(25,26)27)13(34)17(35-14)31-4-3-9-15(28)29-7-30-16(9)31/h1-5,7,12-14,17,32-34H,6H2,(H2,28,29,30)/t12-,13+,14-,17-,18-/m1/s1. The van der Waals surface area contributed by atoms with Gasteiger partial charge in [-0.2, -0.15) is 26.3 Å². The van der Waals surface area contributed by atoms with Crippen LogP contribution in [0.4, 0.5) is 36.6 Å². The number of halogens is 7. The Morgan fingerprint density at radius 2 is 1.83 bits per heavy atom. The summed E-state index contributed by atoms with van der Waals surface area (Å²) in [4.78, 5) is 7.65. The summed E-state index contributed by atoms with van der Waals surface area (Å²) in [5.74, 6) is -1.86. The van der Waals surface area contributed by atoms with Gasteiger partial charge in [0, 0.05) is 6.20 Å². The molecule has 0 radical (unpaired) electrons. The van der Waals surface area contributed by atoms with Gasteiger partial charge in [0.1, 0.15) is 47.3 Å². The number of aliphatic hydroxyl groups is 3. The Labute approximate surface area is 191 Å². The highest BCUT2D eigenvalue weighted by Crippen LogP contribution is 2.56. The second-order valence-electron chi connectivity index (χ2n) is 7.99. The molecule has 190 valence electrons. The smallest absolute Gasteiger partial charge is 0.395 e. The lowest BCUT2D eigenvalue weighted by molar-refractivity contribution is -0.279. The highest BCUT2D eigenvalue weighted by atomic mass is 19.4. The van der Waals surface area contributed by atoms with Crippen molar-refractivity contribution >= 4 is 16.9 Å². The third kappa shape index (κ3) is 3.78. The number of hydrogen-bond donors (Lipinski definition) is 4. The number of aliphatic hydroxyl groups excluding tert-OH is 3. The molecule has 3 aromatic rings. The lowest BCUT2D eigenvalue weighted by atomic mass is 9.75. The van der Waals surface area contributed by atoms with Gasteiger partial charge in [0.25, 0.3) is 0 Å². The van der Waals surface area contributed by atoms with Crippen molar-refractivity contribution in [3.8, 4) is 0 Å². The van der Waals surface area contributed by atoms with Gasteiger partial charge in [-0.15, -0.1) is 0 Å². The molecule has 5 N–H and O–H groups in total. The Morgan fingerprint density at radius 1 is 1.14 bits per heavy atom. The number of nitrogen functional groups attached to an aromatic ring is 1.